The van der Waals surface area contributed by atoms with E-state index in [1.807, 2.05) is 0 Å². The van der Waals surface area contributed by atoms with E-state index < -0.39 is 0 Å². The molecule has 0 aliphatic heterocycles. The third-order valence-electron chi connectivity index (χ3n) is 1.84. The molecule has 0 aliphatic carbocycles. The summed E-state index contributed by atoms with van der Waals surface area (Å²) in [5.74, 6) is 0. The molecule has 0 aromatic heterocycles. The molecule has 0 fully saturated rings. The Kier molecular flexibility index (Phi) is 6.60. The van der Waals surface area contributed by atoms with Crippen LogP contribution in [-0.2, 0) is 6.54 Å². The molecule has 0 saturated carbocycles. The molecule has 0 heterocycles. The van der Waals surface area contributed by atoms with Crippen LogP contribution >= 0.6 is 0 Å². The Morgan fingerprint density at radius 3 is 2.25 bits per heavy atom. The van der Waals surface area contributed by atoms with Crippen molar-refractivity contribution in [2.24, 2.45) is 0 Å². The summed E-state index contributed by atoms with van der Waals surface area (Å²) in [7, 11) is 2.13. The number of rotatable bonds is 3. The first-order valence-electron chi connectivity index (χ1n) is 4.05. The summed E-state index contributed by atoms with van der Waals surface area (Å²) < 4.78 is 0. The summed E-state index contributed by atoms with van der Waals surface area (Å²) in [6, 6.07) is 10.5. The van der Waals surface area contributed by atoms with Crippen molar-refractivity contribution in [3.8, 4) is 0 Å². The van der Waals surface area contributed by atoms with Gasteiger partial charge in [-0.05, 0) is 19.2 Å². The van der Waals surface area contributed by atoms with Crippen LogP contribution in [0.2, 0.25) is 0 Å². The Morgan fingerprint density at radius 2 is 1.75 bits per heavy atom. The van der Waals surface area contributed by atoms with Gasteiger partial charge in [0.05, 0.1) is 0 Å². The molecule has 0 bridgehead atoms. The summed E-state index contributed by atoms with van der Waals surface area (Å²) >= 11 is 0. The molecular formula is C10H18BiN. The third kappa shape index (κ3) is 4.18. The van der Waals surface area contributed by atoms with Crippen molar-refractivity contribution in [3.05, 3.63) is 35.9 Å². The Hall–Kier alpha value is 0.0631. The second-order valence-corrected chi connectivity index (χ2v) is 2.82. The molecule has 0 spiro atoms. The normalized spacial score (nSPS) is 9.58. The molecule has 2 heteroatoms. The van der Waals surface area contributed by atoms with Gasteiger partial charge in [-0.25, -0.2) is 0 Å². The second kappa shape index (κ2) is 6.57. The average Bonchev–Trinajstić information content (AvgIpc) is 2.06. The van der Waals surface area contributed by atoms with Crippen LogP contribution in [-0.4, -0.2) is 44.7 Å². The first-order valence-corrected chi connectivity index (χ1v) is 4.05. The standard InChI is InChI=1S/C10H15N.Bi.3H/c1-3-11(2)9-10-7-5-4-6-8-10;;;;/h4-8H,3,9H2,1-2H3;;;;. The molecule has 0 amide bonds. The van der Waals surface area contributed by atoms with Gasteiger partial charge in [0, 0.05) is 6.54 Å². The van der Waals surface area contributed by atoms with Crippen LogP contribution in [0.1, 0.15) is 12.5 Å². The van der Waals surface area contributed by atoms with Gasteiger partial charge in [-0.3, -0.25) is 0 Å². The molecule has 0 N–H and O–H groups in total. The summed E-state index contributed by atoms with van der Waals surface area (Å²) in [6.45, 7) is 4.33. The topological polar surface area (TPSA) is 3.24 Å². The number of hydrogen-bond acceptors (Lipinski definition) is 1. The zero-order valence-corrected chi connectivity index (χ0v) is 13.5. The van der Waals surface area contributed by atoms with Gasteiger partial charge in [-0.1, -0.05) is 37.3 Å². The maximum absolute atomic E-state index is 2.29. The fraction of sp³-hybridized carbons (Fsp3) is 0.400. The zero-order chi connectivity index (χ0) is 8.10. The third-order valence-corrected chi connectivity index (χ3v) is 1.84. The van der Waals surface area contributed by atoms with Crippen LogP contribution in [0.3, 0.4) is 0 Å². The van der Waals surface area contributed by atoms with Gasteiger partial charge in [0.15, 0.2) is 0 Å². The van der Waals surface area contributed by atoms with Crippen molar-refractivity contribution in [1.82, 2.24) is 4.90 Å². The first kappa shape index (κ1) is 12.1. The number of benzene rings is 1. The maximum atomic E-state index is 2.29. The molecule has 68 valence electrons. The second-order valence-electron chi connectivity index (χ2n) is 2.82. The van der Waals surface area contributed by atoms with Crippen molar-refractivity contribution in [2.45, 2.75) is 13.5 Å². The fourth-order valence-corrected chi connectivity index (χ4v) is 1.01. The molecule has 1 aromatic carbocycles. The predicted octanol–water partition coefficient (Wildman–Crippen LogP) is 0.954. The zero-order valence-electron chi connectivity index (χ0n) is 7.96. The van der Waals surface area contributed by atoms with Gasteiger partial charge in [-0.15, -0.1) is 0 Å². The molecule has 0 aliphatic rings. The monoisotopic (exact) mass is 361 g/mol. The Bertz CT molecular complexity index is 198. The van der Waals surface area contributed by atoms with E-state index >= 15 is 0 Å². The summed E-state index contributed by atoms with van der Waals surface area (Å²) in [5.41, 5.74) is 1.39. The predicted molar refractivity (Wildman–Crippen MR) is 58.4 cm³/mol. The van der Waals surface area contributed by atoms with Gasteiger partial charge in [0.25, 0.3) is 0 Å². The van der Waals surface area contributed by atoms with E-state index in [9.17, 15) is 0 Å². The molecule has 0 atom stereocenters. The quantitative estimate of drug-likeness (QED) is 0.725. The number of hydrogen-bond donors (Lipinski definition) is 0. The fourth-order valence-electron chi connectivity index (χ4n) is 1.01. The molecule has 1 rings (SSSR count). The van der Waals surface area contributed by atoms with Crippen LogP contribution in [0.4, 0.5) is 0 Å². The van der Waals surface area contributed by atoms with Gasteiger partial charge in [0.1, 0.15) is 0 Å². The van der Waals surface area contributed by atoms with Crippen molar-refractivity contribution >= 4 is 26.2 Å². The minimum atomic E-state index is 0. The summed E-state index contributed by atoms with van der Waals surface area (Å²) in [6.07, 6.45) is 0. The summed E-state index contributed by atoms with van der Waals surface area (Å²) in [4.78, 5) is 2.29. The van der Waals surface area contributed by atoms with Crippen molar-refractivity contribution in [2.75, 3.05) is 13.6 Å². The van der Waals surface area contributed by atoms with E-state index in [4.69, 9.17) is 0 Å². The summed E-state index contributed by atoms with van der Waals surface area (Å²) in [5, 5.41) is 0. The van der Waals surface area contributed by atoms with Crippen LogP contribution in [0.5, 0.6) is 0 Å². The molecule has 0 unspecified atom stereocenters. The van der Waals surface area contributed by atoms with E-state index in [-0.39, 0.29) is 26.2 Å². The Balaban J connectivity index is 0.00000121. The van der Waals surface area contributed by atoms with Gasteiger partial charge in [0.2, 0.25) is 0 Å². The minimum absolute atomic E-state index is 0. The Labute approximate surface area is 93.9 Å². The van der Waals surface area contributed by atoms with E-state index in [1.54, 1.807) is 0 Å². The molecular weight excluding hydrogens is 343 g/mol. The Morgan fingerprint density at radius 1 is 1.17 bits per heavy atom. The van der Waals surface area contributed by atoms with E-state index in [2.05, 4.69) is 49.2 Å². The van der Waals surface area contributed by atoms with Crippen LogP contribution in [0, 0.1) is 0 Å². The number of nitrogens with zero attached hydrogens (tertiary/aromatic N) is 1. The molecule has 1 nitrogen and oxygen atoms in total. The molecule has 12 heavy (non-hydrogen) atoms. The van der Waals surface area contributed by atoms with Gasteiger partial charge < -0.3 is 4.90 Å². The van der Waals surface area contributed by atoms with Crippen LogP contribution < -0.4 is 0 Å². The molecule has 0 saturated heterocycles. The van der Waals surface area contributed by atoms with Crippen molar-refractivity contribution in [1.29, 1.82) is 0 Å². The van der Waals surface area contributed by atoms with Crippen LogP contribution in [0.25, 0.3) is 0 Å². The SMILES string of the molecule is CCN(C)Cc1ccccc1.[BiH3]. The van der Waals surface area contributed by atoms with E-state index in [1.165, 1.54) is 5.56 Å². The first-order chi connectivity index (χ1) is 5.33. The van der Waals surface area contributed by atoms with Crippen molar-refractivity contribution in [3.63, 3.8) is 0 Å². The van der Waals surface area contributed by atoms with E-state index in [0.717, 1.165) is 13.1 Å². The molecule has 1 aromatic rings. The van der Waals surface area contributed by atoms with E-state index in [0.29, 0.717) is 0 Å². The average molecular weight is 361 g/mol. The molecule has 0 radical (unpaired) electrons. The van der Waals surface area contributed by atoms with Crippen LogP contribution in [0.15, 0.2) is 30.3 Å². The van der Waals surface area contributed by atoms with Gasteiger partial charge >= 0.3 is 26.2 Å². The van der Waals surface area contributed by atoms with Crippen molar-refractivity contribution < 1.29 is 0 Å². The van der Waals surface area contributed by atoms with Gasteiger partial charge in [-0.2, -0.15) is 0 Å².